The van der Waals surface area contributed by atoms with E-state index in [4.69, 9.17) is 14.2 Å². The zero-order valence-corrected chi connectivity index (χ0v) is 12.9. The van der Waals surface area contributed by atoms with E-state index in [0.717, 1.165) is 24.5 Å². The molecule has 6 nitrogen and oxygen atoms in total. The van der Waals surface area contributed by atoms with Crippen LogP contribution in [0, 0.1) is 17.8 Å². The summed E-state index contributed by atoms with van der Waals surface area (Å²) in [5.41, 5.74) is 0. The van der Waals surface area contributed by atoms with E-state index >= 15 is 0 Å². The van der Waals surface area contributed by atoms with Gasteiger partial charge in [0.2, 0.25) is 0 Å². The third-order valence-corrected chi connectivity index (χ3v) is 4.49. The van der Waals surface area contributed by atoms with Crippen LogP contribution < -0.4 is 5.32 Å². The van der Waals surface area contributed by atoms with Crippen LogP contribution in [0.4, 0.5) is 4.79 Å². The van der Waals surface area contributed by atoms with Gasteiger partial charge in [0.15, 0.2) is 0 Å². The molecule has 0 saturated heterocycles. The molecule has 0 aromatic heterocycles. The summed E-state index contributed by atoms with van der Waals surface area (Å²) >= 11 is 0. The van der Waals surface area contributed by atoms with E-state index in [0.29, 0.717) is 5.92 Å². The number of alkyl carbamates (subject to hydrolysis) is 1. The maximum Gasteiger partial charge on any atom is 0.407 e. The third kappa shape index (κ3) is 5.33. The Labute approximate surface area is 131 Å². The van der Waals surface area contributed by atoms with Crippen molar-refractivity contribution in [2.24, 2.45) is 17.8 Å². The first-order valence-corrected chi connectivity index (χ1v) is 7.96. The Morgan fingerprint density at radius 1 is 1.09 bits per heavy atom. The molecular weight excluding hydrogens is 286 g/mol. The van der Waals surface area contributed by atoms with Crippen molar-refractivity contribution in [3.05, 3.63) is 12.7 Å². The van der Waals surface area contributed by atoms with E-state index in [1.807, 2.05) is 0 Å². The van der Waals surface area contributed by atoms with Crippen molar-refractivity contribution in [2.75, 3.05) is 33.0 Å². The lowest BCUT2D eigenvalue weighted by Gasteiger charge is -2.21. The van der Waals surface area contributed by atoms with E-state index in [-0.39, 0.29) is 32.5 Å². The number of amides is 1. The maximum atomic E-state index is 11.6. The SMILES string of the molecule is C=CC(=O)OCCOCCOC(=O)NCC1CC2CCC1C2. The number of ether oxygens (including phenoxy) is 3. The van der Waals surface area contributed by atoms with Crippen molar-refractivity contribution in [3.63, 3.8) is 0 Å². The van der Waals surface area contributed by atoms with Crippen molar-refractivity contribution >= 4 is 12.1 Å². The second-order valence-electron chi connectivity index (χ2n) is 5.94. The van der Waals surface area contributed by atoms with Crippen LogP contribution in [0.15, 0.2) is 12.7 Å². The normalized spacial score (nSPS) is 25.7. The zero-order valence-electron chi connectivity index (χ0n) is 12.9. The van der Waals surface area contributed by atoms with E-state index in [1.54, 1.807) is 0 Å². The Hall–Kier alpha value is -1.56. The molecule has 0 heterocycles. The molecule has 6 heteroatoms. The molecule has 2 saturated carbocycles. The van der Waals surface area contributed by atoms with Gasteiger partial charge in [0.05, 0.1) is 13.2 Å². The molecule has 0 aromatic rings. The minimum atomic E-state index is -0.472. The first kappa shape index (κ1) is 16.8. The number of carbonyl (C=O) groups excluding carboxylic acids is 2. The lowest BCUT2D eigenvalue weighted by atomic mass is 9.89. The van der Waals surface area contributed by atoms with E-state index in [1.165, 1.54) is 25.7 Å². The summed E-state index contributed by atoms with van der Waals surface area (Å²) in [6.45, 7) is 4.93. The Morgan fingerprint density at radius 2 is 1.86 bits per heavy atom. The van der Waals surface area contributed by atoms with E-state index in [2.05, 4.69) is 11.9 Å². The standard InChI is InChI=1S/C16H25NO5/c1-2-15(18)21-7-5-20-6-8-22-16(19)17-11-14-10-12-3-4-13(14)9-12/h2,12-14H,1,3-11H2,(H,17,19). The van der Waals surface area contributed by atoms with Crippen LogP contribution in [0.2, 0.25) is 0 Å². The number of rotatable bonds is 9. The molecule has 3 unspecified atom stereocenters. The van der Waals surface area contributed by atoms with Crippen LogP contribution in [0.3, 0.4) is 0 Å². The Kier molecular flexibility index (Phi) is 6.71. The minimum absolute atomic E-state index is 0.168. The third-order valence-electron chi connectivity index (χ3n) is 4.49. The average Bonchev–Trinajstić information content (AvgIpc) is 3.14. The van der Waals surface area contributed by atoms with Crippen molar-refractivity contribution in [1.82, 2.24) is 5.32 Å². The number of carbonyl (C=O) groups is 2. The molecule has 0 spiro atoms. The highest BCUT2D eigenvalue weighted by atomic mass is 16.6. The molecule has 0 radical (unpaired) electrons. The summed E-state index contributed by atoms with van der Waals surface area (Å²) in [5.74, 6) is 1.84. The zero-order chi connectivity index (χ0) is 15.8. The molecule has 124 valence electrons. The molecule has 2 fully saturated rings. The van der Waals surface area contributed by atoms with Crippen LogP contribution in [-0.4, -0.2) is 45.0 Å². The van der Waals surface area contributed by atoms with E-state index in [9.17, 15) is 9.59 Å². The summed E-state index contributed by atoms with van der Waals surface area (Å²) in [6, 6.07) is 0. The fraction of sp³-hybridized carbons (Fsp3) is 0.750. The molecule has 1 N–H and O–H groups in total. The quantitative estimate of drug-likeness (QED) is 0.400. The Balaban J connectivity index is 1.41. The van der Waals surface area contributed by atoms with Gasteiger partial charge in [-0.25, -0.2) is 9.59 Å². The minimum Gasteiger partial charge on any atom is -0.460 e. The molecule has 22 heavy (non-hydrogen) atoms. The Bertz CT molecular complexity index is 398. The number of nitrogens with one attached hydrogen (secondary N) is 1. The largest absolute Gasteiger partial charge is 0.460 e. The second-order valence-corrected chi connectivity index (χ2v) is 5.94. The summed E-state index contributed by atoms with van der Waals surface area (Å²) in [6.07, 6.45) is 5.98. The first-order chi connectivity index (χ1) is 10.7. The molecule has 0 aliphatic heterocycles. The maximum absolute atomic E-state index is 11.6. The van der Waals surface area contributed by atoms with Gasteiger partial charge >= 0.3 is 12.1 Å². The fourth-order valence-electron chi connectivity index (χ4n) is 3.45. The van der Waals surface area contributed by atoms with Crippen LogP contribution in [0.5, 0.6) is 0 Å². The topological polar surface area (TPSA) is 73.9 Å². The van der Waals surface area contributed by atoms with Gasteiger partial charge < -0.3 is 19.5 Å². The summed E-state index contributed by atoms with van der Waals surface area (Å²) in [5, 5.41) is 2.84. The van der Waals surface area contributed by atoms with Crippen LogP contribution >= 0.6 is 0 Å². The number of hydrogen-bond acceptors (Lipinski definition) is 5. The monoisotopic (exact) mass is 311 g/mol. The number of esters is 1. The average molecular weight is 311 g/mol. The van der Waals surface area contributed by atoms with Gasteiger partial charge in [-0.15, -0.1) is 0 Å². The van der Waals surface area contributed by atoms with Crippen molar-refractivity contribution in [3.8, 4) is 0 Å². The van der Waals surface area contributed by atoms with Crippen molar-refractivity contribution < 1.29 is 23.8 Å². The number of fused-ring (bicyclic) bond motifs is 2. The molecule has 2 aliphatic rings. The van der Waals surface area contributed by atoms with Gasteiger partial charge in [0.1, 0.15) is 13.2 Å². The summed E-state index contributed by atoms with van der Waals surface area (Å²) in [7, 11) is 0. The van der Waals surface area contributed by atoms with Crippen molar-refractivity contribution in [2.45, 2.75) is 25.7 Å². The predicted molar refractivity (Wildman–Crippen MR) is 80.3 cm³/mol. The van der Waals surface area contributed by atoms with Crippen LogP contribution in [0.1, 0.15) is 25.7 Å². The molecule has 0 aromatic carbocycles. The highest BCUT2D eigenvalue weighted by Crippen LogP contribution is 2.47. The number of hydrogen-bond donors (Lipinski definition) is 1. The molecule has 2 aliphatic carbocycles. The molecule has 1 amide bonds. The predicted octanol–water partition coefficient (Wildman–Crippen LogP) is 1.89. The highest BCUT2D eigenvalue weighted by molar-refractivity contribution is 5.81. The summed E-state index contributed by atoms with van der Waals surface area (Å²) < 4.78 is 14.9. The van der Waals surface area contributed by atoms with Crippen molar-refractivity contribution in [1.29, 1.82) is 0 Å². The summed E-state index contributed by atoms with van der Waals surface area (Å²) in [4.78, 5) is 22.3. The molecular formula is C16H25NO5. The van der Waals surface area contributed by atoms with Gasteiger partial charge in [-0.2, -0.15) is 0 Å². The lowest BCUT2D eigenvalue weighted by Crippen LogP contribution is -2.32. The van der Waals surface area contributed by atoms with Crippen LogP contribution in [-0.2, 0) is 19.0 Å². The van der Waals surface area contributed by atoms with Crippen LogP contribution in [0.25, 0.3) is 0 Å². The van der Waals surface area contributed by atoms with E-state index < -0.39 is 5.97 Å². The molecule has 2 bridgehead atoms. The van der Waals surface area contributed by atoms with Gasteiger partial charge in [0.25, 0.3) is 0 Å². The molecule has 2 rings (SSSR count). The first-order valence-electron chi connectivity index (χ1n) is 7.96. The second kappa shape index (κ2) is 8.78. The Morgan fingerprint density at radius 3 is 2.50 bits per heavy atom. The molecule has 3 atom stereocenters. The highest BCUT2D eigenvalue weighted by Gasteiger charge is 2.39. The van der Waals surface area contributed by atoms with Gasteiger partial charge in [-0.1, -0.05) is 13.0 Å². The smallest absolute Gasteiger partial charge is 0.407 e. The fourth-order valence-corrected chi connectivity index (χ4v) is 3.45. The van der Waals surface area contributed by atoms with Gasteiger partial charge in [0, 0.05) is 12.6 Å². The lowest BCUT2D eigenvalue weighted by molar-refractivity contribution is -0.139. The van der Waals surface area contributed by atoms with Gasteiger partial charge in [-0.3, -0.25) is 0 Å². The van der Waals surface area contributed by atoms with Gasteiger partial charge in [-0.05, 0) is 37.0 Å².